The molecule has 0 unspecified atom stereocenters. The summed E-state index contributed by atoms with van der Waals surface area (Å²) >= 11 is 0. The van der Waals surface area contributed by atoms with Gasteiger partial charge in [-0.2, -0.15) is 0 Å². The standard InChI is InChI=1S/C23H26N2O4/c1-27-14-12-24-11-10-19-20(24)8-5-9-21(19)29-17-23(26)25-13-15-28-22(16-25)18-6-3-2-4-7-18/h2-11,22H,12-17H2,1H3/t22-/m1/s1. The first-order chi connectivity index (χ1) is 14.3. The number of carbonyl (C=O) groups excluding carboxylic acids is 1. The van der Waals surface area contributed by atoms with Gasteiger partial charge in [-0.15, -0.1) is 0 Å². The molecule has 2 heterocycles. The van der Waals surface area contributed by atoms with E-state index >= 15 is 0 Å². The second-order valence-electron chi connectivity index (χ2n) is 7.09. The molecular formula is C23H26N2O4. The fraction of sp³-hybridized carbons (Fsp3) is 0.348. The van der Waals surface area contributed by atoms with Crippen molar-refractivity contribution in [1.82, 2.24) is 9.47 Å². The number of hydrogen-bond donors (Lipinski definition) is 0. The van der Waals surface area contributed by atoms with Crippen LogP contribution in [0.3, 0.4) is 0 Å². The predicted octanol–water partition coefficient (Wildman–Crippen LogP) is 3.27. The van der Waals surface area contributed by atoms with Crippen LogP contribution >= 0.6 is 0 Å². The molecule has 1 amide bonds. The molecule has 1 aromatic heterocycles. The lowest BCUT2D eigenvalue weighted by atomic mass is 10.1. The molecule has 1 aliphatic rings. The number of nitrogens with zero attached hydrogens (tertiary/aromatic N) is 2. The summed E-state index contributed by atoms with van der Waals surface area (Å²) in [4.78, 5) is 14.6. The molecular weight excluding hydrogens is 368 g/mol. The van der Waals surface area contributed by atoms with Gasteiger partial charge in [0.25, 0.3) is 5.91 Å². The first-order valence-electron chi connectivity index (χ1n) is 9.90. The van der Waals surface area contributed by atoms with Gasteiger partial charge in [-0.3, -0.25) is 4.79 Å². The summed E-state index contributed by atoms with van der Waals surface area (Å²) in [5, 5.41) is 1.00. The monoisotopic (exact) mass is 394 g/mol. The summed E-state index contributed by atoms with van der Waals surface area (Å²) in [5.41, 5.74) is 2.16. The number of methoxy groups -OCH3 is 1. The van der Waals surface area contributed by atoms with Crippen molar-refractivity contribution in [3.05, 3.63) is 66.4 Å². The maximum atomic E-state index is 12.8. The van der Waals surface area contributed by atoms with Crippen molar-refractivity contribution in [2.24, 2.45) is 0 Å². The van der Waals surface area contributed by atoms with E-state index in [0.717, 1.165) is 28.8 Å². The van der Waals surface area contributed by atoms with Crippen LogP contribution in [0.25, 0.3) is 10.9 Å². The third-order valence-corrected chi connectivity index (χ3v) is 5.25. The minimum absolute atomic E-state index is 0.0177. The second-order valence-corrected chi connectivity index (χ2v) is 7.09. The third-order valence-electron chi connectivity index (χ3n) is 5.25. The average Bonchev–Trinajstić information content (AvgIpc) is 3.20. The lowest BCUT2D eigenvalue weighted by Crippen LogP contribution is -2.44. The van der Waals surface area contributed by atoms with Crippen molar-refractivity contribution in [2.45, 2.75) is 12.6 Å². The van der Waals surface area contributed by atoms with Crippen LogP contribution in [-0.2, 0) is 20.8 Å². The molecule has 4 rings (SSSR count). The van der Waals surface area contributed by atoms with Crippen LogP contribution in [0.1, 0.15) is 11.7 Å². The van der Waals surface area contributed by atoms with Crippen molar-refractivity contribution < 1.29 is 19.0 Å². The number of morpholine rings is 1. The highest BCUT2D eigenvalue weighted by atomic mass is 16.5. The molecule has 1 aliphatic heterocycles. The van der Waals surface area contributed by atoms with Crippen LogP contribution in [0.15, 0.2) is 60.8 Å². The van der Waals surface area contributed by atoms with Gasteiger partial charge in [0, 0.05) is 31.8 Å². The zero-order valence-corrected chi connectivity index (χ0v) is 16.6. The topological polar surface area (TPSA) is 52.9 Å². The van der Waals surface area contributed by atoms with Gasteiger partial charge in [-0.1, -0.05) is 36.4 Å². The minimum atomic E-state index is -0.0906. The smallest absolute Gasteiger partial charge is 0.260 e. The molecule has 0 bridgehead atoms. The van der Waals surface area contributed by atoms with Gasteiger partial charge < -0.3 is 23.7 Å². The molecule has 0 radical (unpaired) electrons. The molecule has 6 nitrogen and oxygen atoms in total. The van der Waals surface area contributed by atoms with E-state index in [1.807, 2.05) is 65.7 Å². The Morgan fingerprint density at radius 3 is 2.83 bits per heavy atom. The van der Waals surface area contributed by atoms with Crippen molar-refractivity contribution in [3.63, 3.8) is 0 Å². The highest BCUT2D eigenvalue weighted by Crippen LogP contribution is 2.27. The first-order valence-corrected chi connectivity index (χ1v) is 9.90. The zero-order valence-electron chi connectivity index (χ0n) is 16.6. The Balaban J connectivity index is 1.40. The number of hydrogen-bond acceptors (Lipinski definition) is 4. The van der Waals surface area contributed by atoms with E-state index in [9.17, 15) is 4.79 Å². The lowest BCUT2D eigenvalue weighted by molar-refractivity contribution is -0.141. The normalized spacial score (nSPS) is 16.9. The number of ether oxygens (including phenoxy) is 3. The molecule has 29 heavy (non-hydrogen) atoms. The maximum absolute atomic E-state index is 12.8. The molecule has 0 spiro atoms. The molecule has 152 valence electrons. The Bertz CT molecular complexity index is 954. The summed E-state index contributed by atoms with van der Waals surface area (Å²) < 4.78 is 19.1. The fourth-order valence-corrected chi connectivity index (χ4v) is 3.68. The first kappa shape index (κ1) is 19.5. The van der Waals surface area contributed by atoms with Gasteiger partial charge in [0.1, 0.15) is 11.9 Å². The van der Waals surface area contributed by atoms with E-state index in [4.69, 9.17) is 14.2 Å². The molecule has 1 saturated heterocycles. The van der Waals surface area contributed by atoms with Crippen LogP contribution in [0, 0.1) is 0 Å². The minimum Gasteiger partial charge on any atom is -0.483 e. The van der Waals surface area contributed by atoms with E-state index in [2.05, 4.69) is 4.57 Å². The Kier molecular flexibility index (Phi) is 6.12. The van der Waals surface area contributed by atoms with E-state index in [0.29, 0.717) is 26.3 Å². The quantitative estimate of drug-likeness (QED) is 0.617. The third kappa shape index (κ3) is 4.44. The van der Waals surface area contributed by atoms with Crippen molar-refractivity contribution in [1.29, 1.82) is 0 Å². The SMILES string of the molecule is COCCn1ccc2c(OCC(=O)N3CCO[C@@H](c4ccccc4)C3)cccc21. The molecule has 1 atom stereocenters. The van der Waals surface area contributed by atoms with Crippen LogP contribution in [0.5, 0.6) is 5.75 Å². The zero-order chi connectivity index (χ0) is 20.1. The van der Waals surface area contributed by atoms with Crippen LogP contribution in [-0.4, -0.2) is 55.4 Å². The van der Waals surface area contributed by atoms with E-state index < -0.39 is 0 Å². The highest BCUT2D eigenvalue weighted by Gasteiger charge is 2.25. The van der Waals surface area contributed by atoms with Crippen LogP contribution in [0.4, 0.5) is 0 Å². The van der Waals surface area contributed by atoms with Gasteiger partial charge in [-0.25, -0.2) is 0 Å². The molecule has 0 aliphatic carbocycles. The van der Waals surface area contributed by atoms with E-state index in [1.54, 1.807) is 7.11 Å². The summed E-state index contributed by atoms with van der Waals surface area (Å²) in [5.74, 6) is 0.699. The Hall–Kier alpha value is -2.83. The van der Waals surface area contributed by atoms with Crippen LogP contribution in [0.2, 0.25) is 0 Å². The maximum Gasteiger partial charge on any atom is 0.260 e. The summed E-state index contributed by atoms with van der Waals surface area (Å²) in [6.45, 7) is 3.10. The molecule has 0 saturated carbocycles. The number of carbonyl (C=O) groups is 1. The molecule has 1 fully saturated rings. The summed E-state index contributed by atoms with van der Waals surface area (Å²) in [7, 11) is 1.69. The van der Waals surface area contributed by atoms with Gasteiger partial charge in [0.05, 0.1) is 25.3 Å². The summed E-state index contributed by atoms with van der Waals surface area (Å²) in [6, 6.07) is 17.9. The van der Waals surface area contributed by atoms with E-state index in [1.165, 1.54) is 0 Å². The average molecular weight is 394 g/mol. The number of benzene rings is 2. The Morgan fingerprint density at radius 1 is 1.14 bits per heavy atom. The molecule has 3 aromatic rings. The van der Waals surface area contributed by atoms with Crippen LogP contribution < -0.4 is 4.74 Å². The largest absolute Gasteiger partial charge is 0.483 e. The van der Waals surface area contributed by atoms with Crippen molar-refractivity contribution in [3.8, 4) is 5.75 Å². The number of rotatable bonds is 7. The van der Waals surface area contributed by atoms with Crippen molar-refractivity contribution in [2.75, 3.05) is 40.0 Å². The Morgan fingerprint density at radius 2 is 2.00 bits per heavy atom. The second kappa shape index (κ2) is 9.11. The van der Waals surface area contributed by atoms with E-state index in [-0.39, 0.29) is 18.6 Å². The number of fused-ring (bicyclic) bond motifs is 1. The predicted molar refractivity (Wildman–Crippen MR) is 111 cm³/mol. The molecule has 6 heteroatoms. The number of amides is 1. The van der Waals surface area contributed by atoms with Gasteiger partial charge in [0.2, 0.25) is 0 Å². The highest BCUT2D eigenvalue weighted by molar-refractivity contribution is 5.87. The number of aromatic nitrogens is 1. The van der Waals surface area contributed by atoms with Crippen molar-refractivity contribution >= 4 is 16.8 Å². The van der Waals surface area contributed by atoms with Gasteiger partial charge >= 0.3 is 0 Å². The Labute approximate surface area is 170 Å². The fourth-order valence-electron chi connectivity index (χ4n) is 3.68. The lowest BCUT2D eigenvalue weighted by Gasteiger charge is -2.33. The summed E-state index contributed by atoms with van der Waals surface area (Å²) in [6.07, 6.45) is 1.93. The molecule has 2 aromatic carbocycles. The van der Waals surface area contributed by atoms with Gasteiger partial charge in [-0.05, 0) is 23.8 Å². The van der Waals surface area contributed by atoms with Gasteiger partial charge in [0.15, 0.2) is 6.61 Å². The molecule has 0 N–H and O–H groups in total.